The Morgan fingerprint density at radius 1 is 1.39 bits per heavy atom. The van der Waals surface area contributed by atoms with E-state index in [1.54, 1.807) is 0 Å². The van der Waals surface area contributed by atoms with Crippen molar-refractivity contribution in [2.75, 3.05) is 26.4 Å². The van der Waals surface area contributed by atoms with Crippen LogP contribution in [0, 0.1) is 5.92 Å². The van der Waals surface area contributed by atoms with Crippen molar-refractivity contribution in [2.24, 2.45) is 5.92 Å². The minimum Gasteiger partial charge on any atom is -0.477 e. The fourth-order valence-corrected chi connectivity index (χ4v) is 1.99. The Morgan fingerprint density at radius 2 is 2.22 bits per heavy atom. The van der Waals surface area contributed by atoms with Gasteiger partial charge in [0.15, 0.2) is 0 Å². The highest BCUT2D eigenvalue weighted by atomic mass is 16.5. The number of nitrogens with zero attached hydrogens (tertiary/aromatic N) is 1. The number of aromatic nitrogens is 1. The van der Waals surface area contributed by atoms with Gasteiger partial charge in [0, 0.05) is 32.0 Å². The topological polar surface area (TPSA) is 43.4 Å². The molecule has 4 heteroatoms. The molecule has 18 heavy (non-hydrogen) atoms. The van der Waals surface area contributed by atoms with Gasteiger partial charge in [0.1, 0.15) is 0 Å². The van der Waals surface area contributed by atoms with E-state index in [-0.39, 0.29) is 0 Å². The van der Waals surface area contributed by atoms with Gasteiger partial charge in [-0.1, -0.05) is 13.0 Å². The van der Waals surface area contributed by atoms with E-state index in [2.05, 4.69) is 23.3 Å². The molecular weight excluding hydrogens is 228 g/mol. The van der Waals surface area contributed by atoms with Crippen molar-refractivity contribution < 1.29 is 9.47 Å². The van der Waals surface area contributed by atoms with Gasteiger partial charge in [-0.15, -0.1) is 0 Å². The maximum atomic E-state index is 5.72. The van der Waals surface area contributed by atoms with E-state index in [0.29, 0.717) is 5.92 Å². The van der Waals surface area contributed by atoms with Crippen molar-refractivity contribution in [3.05, 3.63) is 23.9 Å². The van der Waals surface area contributed by atoms with Crippen LogP contribution in [0.3, 0.4) is 0 Å². The summed E-state index contributed by atoms with van der Waals surface area (Å²) < 4.78 is 11.0. The Labute approximate surface area is 109 Å². The molecule has 1 aromatic rings. The molecule has 1 saturated heterocycles. The summed E-state index contributed by atoms with van der Waals surface area (Å²) in [5, 5.41) is 3.27. The van der Waals surface area contributed by atoms with Gasteiger partial charge in [0.2, 0.25) is 5.88 Å². The molecule has 0 aliphatic carbocycles. The zero-order chi connectivity index (χ0) is 12.6. The van der Waals surface area contributed by atoms with Gasteiger partial charge in [-0.05, 0) is 30.9 Å². The first-order chi connectivity index (χ1) is 8.88. The van der Waals surface area contributed by atoms with Crippen LogP contribution in [0.25, 0.3) is 0 Å². The molecule has 2 rings (SSSR count). The first-order valence-electron chi connectivity index (χ1n) is 6.74. The van der Waals surface area contributed by atoms with Crippen LogP contribution in [0.15, 0.2) is 18.3 Å². The van der Waals surface area contributed by atoms with Crippen molar-refractivity contribution in [3.8, 4) is 5.88 Å². The molecule has 0 atom stereocenters. The number of hydrogen-bond donors (Lipinski definition) is 1. The van der Waals surface area contributed by atoms with Gasteiger partial charge < -0.3 is 14.8 Å². The van der Waals surface area contributed by atoms with Crippen LogP contribution in [-0.2, 0) is 11.3 Å². The molecule has 0 radical (unpaired) electrons. The number of pyridine rings is 1. The lowest BCUT2D eigenvalue weighted by molar-refractivity contribution is 0.0490. The van der Waals surface area contributed by atoms with E-state index in [4.69, 9.17) is 9.47 Å². The van der Waals surface area contributed by atoms with E-state index in [0.717, 1.165) is 51.6 Å². The summed E-state index contributed by atoms with van der Waals surface area (Å²) in [6.07, 6.45) is 4.07. The van der Waals surface area contributed by atoms with E-state index in [1.165, 1.54) is 5.56 Å². The third-order valence-electron chi connectivity index (χ3n) is 3.18. The SMILES string of the molecule is CCNCc1ccc(OCC2CCOCC2)nc1. The van der Waals surface area contributed by atoms with Crippen LogP contribution in [0.1, 0.15) is 25.3 Å². The molecule has 100 valence electrons. The van der Waals surface area contributed by atoms with Crippen LogP contribution >= 0.6 is 0 Å². The van der Waals surface area contributed by atoms with Gasteiger partial charge in [-0.3, -0.25) is 0 Å². The maximum absolute atomic E-state index is 5.72. The van der Waals surface area contributed by atoms with Gasteiger partial charge in [0.25, 0.3) is 0 Å². The van der Waals surface area contributed by atoms with Crippen molar-refractivity contribution >= 4 is 0 Å². The fraction of sp³-hybridized carbons (Fsp3) is 0.643. The standard InChI is InChI=1S/C14H22N2O2/c1-2-15-9-13-3-4-14(16-10-13)18-11-12-5-7-17-8-6-12/h3-4,10,12,15H,2,5-9,11H2,1H3. The number of ether oxygens (including phenoxy) is 2. The number of hydrogen-bond acceptors (Lipinski definition) is 4. The largest absolute Gasteiger partial charge is 0.477 e. The van der Waals surface area contributed by atoms with Gasteiger partial charge in [-0.25, -0.2) is 4.98 Å². The molecule has 2 heterocycles. The van der Waals surface area contributed by atoms with Crippen molar-refractivity contribution in [2.45, 2.75) is 26.3 Å². The Morgan fingerprint density at radius 3 is 2.89 bits per heavy atom. The van der Waals surface area contributed by atoms with Crippen LogP contribution < -0.4 is 10.1 Å². The smallest absolute Gasteiger partial charge is 0.213 e. The summed E-state index contributed by atoms with van der Waals surface area (Å²) in [6, 6.07) is 4.01. The summed E-state index contributed by atoms with van der Waals surface area (Å²) in [7, 11) is 0. The quantitative estimate of drug-likeness (QED) is 0.838. The summed E-state index contributed by atoms with van der Waals surface area (Å²) in [5.74, 6) is 1.34. The molecular formula is C14H22N2O2. The second kappa shape index (κ2) is 7.34. The Balaban J connectivity index is 1.75. The Bertz CT molecular complexity index is 334. The Hall–Kier alpha value is -1.13. The average Bonchev–Trinajstić information content (AvgIpc) is 2.45. The van der Waals surface area contributed by atoms with Gasteiger partial charge in [0.05, 0.1) is 6.61 Å². The monoisotopic (exact) mass is 250 g/mol. The highest BCUT2D eigenvalue weighted by Crippen LogP contribution is 2.16. The third-order valence-corrected chi connectivity index (χ3v) is 3.18. The molecule has 0 saturated carbocycles. The first-order valence-corrected chi connectivity index (χ1v) is 6.74. The fourth-order valence-electron chi connectivity index (χ4n) is 1.99. The minimum atomic E-state index is 0.613. The molecule has 0 unspecified atom stereocenters. The molecule has 0 amide bonds. The Kier molecular flexibility index (Phi) is 5.42. The molecule has 1 N–H and O–H groups in total. The lowest BCUT2D eigenvalue weighted by Gasteiger charge is -2.21. The van der Waals surface area contributed by atoms with E-state index in [9.17, 15) is 0 Å². The molecule has 1 aliphatic rings. The zero-order valence-corrected chi connectivity index (χ0v) is 11.0. The number of rotatable bonds is 6. The van der Waals surface area contributed by atoms with Crippen LogP contribution in [-0.4, -0.2) is 31.3 Å². The van der Waals surface area contributed by atoms with Crippen LogP contribution in [0.2, 0.25) is 0 Å². The molecule has 0 spiro atoms. The molecule has 0 bridgehead atoms. The second-order valence-electron chi connectivity index (χ2n) is 4.65. The molecule has 1 fully saturated rings. The van der Waals surface area contributed by atoms with Gasteiger partial charge >= 0.3 is 0 Å². The third kappa shape index (κ3) is 4.27. The van der Waals surface area contributed by atoms with Crippen molar-refractivity contribution in [3.63, 3.8) is 0 Å². The highest BCUT2D eigenvalue weighted by molar-refractivity contribution is 5.17. The summed E-state index contributed by atoms with van der Waals surface area (Å²) >= 11 is 0. The molecule has 4 nitrogen and oxygen atoms in total. The summed E-state index contributed by atoms with van der Waals surface area (Å²) in [6.45, 7) is 6.42. The first kappa shape index (κ1) is 13.3. The molecule has 1 aliphatic heterocycles. The average molecular weight is 250 g/mol. The summed E-state index contributed by atoms with van der Waals surface area (Å²) in [4.78, 5) is 4.32. The van der Waals surface area contributed by atoms with Crippen molar-refractivity contribution in [1.82, 2.24) is 10.3 Å². The van der Waals surface area contributed by atoms with Crippen LogP contribution in [0.5, 0.6) is 5.88 Å². The summed E-state index contributed by atoms with van der Waals surface area (Å²) in [5.41, 5.74) is 1.19. The van der Waals surface area contributed by atoms with E-state index >= 15 is 0 Å². The molecule has 0 aromatic carbocycles. The predicted molar refractivity (Wildman–Crippen MR) is 70.7 cm³/mol. The maximum Gasteiger partial charge on any atom is 0.213 e. The van der Waals surface area contributed by atoms with Crippen LogP contribution in [0.4, 0.5) is 0 Å². The highest BCUT2D eigenvalue weighted by Gasteiger charge is 2.14. The minimum absolute atomic E-state index is 0.613. The zero-order valence-electron chi connectivity index (χ0n) is 11.0. The van der Waals surface area contributed by atoms with Gasteiger partial charge in [-0.2, -0.15) is 0 Å². The second-order valence-corrected chi connectivity index (χ2v) is 4.65. The lowest BCUT2D eigenvalue weighted by atomic mass is 10.0. The number of nitrogens with one attached hydrogen (secondary N) is 1. The van der Waals surface area contributed by atoms with E-state index < -0.39 is 0 Å². The normalized spacial score (nSPS) is 16.7. The van der Waals surface area contributed by atoms with Crippen molar-refractivity contribution in [1.29, 1.82) is 0 Å². The predicted octanol–water partition coefficient (Wildman–Crippen LogP) is 2.00. The molecule has 1 aromatic heterocycles. The lowest BCUT2D eigenvalue weighted by Crippen LogP contribution is -2.21. The van der Waals surface area contributed by atoms with E-state index in [1.807, 2.05) is 12.3 Å².